The molecule has 0 spiro atoms. The van der Waals surface area contributed by atoms with Gasteiger partial charge in [-0.3, -0.25) is 14.9 Å². The van der Waals surface area contributed by atoms with Crippen molar-refractivity contribution in [3.05, 3.63) is 64.7 Å². The monoisotopic (exact) mass is 385 g/mol. The predicted octanol–water partition coefficient (Wildman–Crippen LogP) is 3.06. The summed E-state index contributed by atoms with van der Waals surface area (Å²) in [7, 11) is 0. The van der Waals surface area contributed by atoms with Gasteiger partial charge in [0.15, 0.2) is 0 Å². The van der Waals surface area contributed by atoms with Crippen LogP contribution in [-0.4, -0.2) is 17.8 Å². The molecule has 3 N–H and O–H groups in total. The van der Waals surface area contributed by atoms with E-state index in [-0.39, 0.29) is 18.0 Å². The topological polar surface area (TPSA) is 92.5 Å². The van der Waals surface area contributed by atoms with Crippen molar-refractivity contribution in [1.29, 1.82) is 0 Å². The molecule has 0 aromatic heterocycles. The molecule has 0 radical (unpaired) electrons. The molecule has 126 valence electrons. The number of urea groups is 1. The molecule has 2 aromatic carbocycles. The van der Waals surface area contributed by atoms with Gasteiger partial charge in [0.1, 0.15) is 0 Å². The van der Waals surface area contributed by atoms with Crippen LogP contribution in [0.15, 0.2) is 48.5 Å². The third kappa shape index (κ3) is 4.89. The number of anilines is 1. The lowest BCUT2D eigenvalue weighted by molar-refractivity contribution is 0.0964. The first-order chi connectivity index (χ1) is 10.9. The summed E-state index contributed by atoms with van der Waals surface area (Å²) in [6.45, 7) is 0. The number of thiol groups is 1. The highest BCUT2D eigenvalue weighted by Gasteiger charge is 2.16. The van der Waals surface area contributed by atoms with E-state index in [0.29, 0.717) is 16.3 Å². The van der Waals surface area contributed by atoms with Crippen molar-refractivity contribution in [2.75, 3.05) is 4.31 Å². The summed E-state index contributed by atoms with van der Waals surface area (Å²) in [6, 6.07) is 11.2. The summed E-state index contributed by atoms with van der Waals surface area (Å²) in [5.74, 6) is -1.16. The molecule has 6 nitrogen and oxygen atoms in total. The summed E-state index contributed by atoms with van der Waals surface area (Å²) in [4.78, 5) is 35.0. The maximum absolute atomic E-state index is 12.0. The molecule has 2 rings (SSSR count). The van der Waals surface area contributed by atoms with E-state index in [9.17, 15) is 14.4 Å². The summed E-state index contributed by atoms with van der Waals surface area (Å²) in [5.41, 5.74) is 6.10. The van der Waals surface area contributed by atoms with Gasteiger partial charge in [-0.05, 0) is 48.5 Å². The number of nitrogens with one attached hydrogen (secondary N) is 1. The molecule has 24 heavy (non-hydrogen) atoms. The van der Waals surface area contributed by atoms with Gasteiger partial charge >= 0.3 is 6.03 Å². The second-order valence-corrected chi connectivity index (χ2v) is 5.33. The third-order valence-electron chi connectivity index (χ3n) is 2.92. The number of benzene rings is 2. The molecule has 2 aromatic rings. The van der Waals surface area contributed by atoms with Crippen LogP contribution in [0.1, 0.15) is 20.7 Å². The Labute approximate surface area is 154 Å². The van der Waals surface area contributed by atoms with Gasteiger partial charge in [0.05, 0.1) is 5.69 Å². The first-order valence-corrected chi connectivity index (χ1v) is 7.16. The summed E-state index contributed by atoms with van der Waals surface area (Å²) in [5, 5.41) is 2.67. The zero-order chi connectivity index (χ0) is 17.0. The molecule has 0 aliphatic carbocycles. The van der Waals surface area contributed by atoms with Crippen molar-refractivity contribution in [2.24, 2.45) is 5.73 Å². The third-order valence-corrected chi connectivity index (χ3v) is 3.58. The maximum atomic E-state index is 12.0. The molecule has 0 aliphatic heterocycles. The minimum absolute atomic E-state index is 0. The molecule has 4 amide bonds. The number of primary amides is 1. The fourth-order valence-corrected chi connectivity index (χ4v) is 2.02. The van der Waals surface area contributed by atoms with Crippen LogP contribution in [-0.2, 0) is 0 Å². The molecule has 0 heterocycles. The lowest BCUT2D eigenvalue weighted by Crippen LogP contribution is -2.38. The minimum Gasteiger partial charge on any atom is -0.366 e. The van der Waals surface area contributed by atoms with Crippen molar-refractivity contribution >= 4 is 60.4 Å². The smallest absolute Gasteiger partial charge is 0.338 e. The lowest BCUT2D eigenvalue weighted by Gasteiger charge is -2.16. The van der Waals surface area contributed by atoms with E-state index in [0.717, 1.165) is 4.31 Å². The number of carbonyl (C=O) groups is 3. The predicted molar refractivity (Wildman–Crippen MR) is 98.0 cm³/mol. The molecular formula is C15H13Cl2N3O3S. The summed E-state index contributed by atoms with van der Waals surface area (Å²) < 4.78 is 0.943. The Hall–Kier alpha value is -2.22. The van der Waals surface area contributed by atoms with Crippen molar-refractivity contribution in [2.45, 2.75) is 0 Å². The van der Waals surface area contributed by atoms with Gasteiger partial charge in [0.25, 0.3) is 5.91 Å². The Morgan fingerprint density at radius 2 is 1.46 bits per heavy atom. The van der Waals surface area contributed by atoms with Crippen LogP contribution in [0, 0.1) is 0 Å². The summed E-state index contributed by atoms with van der Waals surface area (Å²) in [6.07, 6.45) is 0. The van der Waals surface area contributed by atoms with Gasteiger partial charge in [-0.1, -0.05) is 24.4 Å². The number of nitrogens with zero attached hydrogens (tertiary/aromatic N) is 1. The average Bonchev–Trinajstić information content (AvgIpc) is 2.54. The molecule has 0 aliphatic rings. The molecule has 9 heteroatoms. The van der Waals surface area contributed by atoms with E-state index < -0.39 is 17.8 Å². The van der Waals surface area contributed by atoms with Crippen molar-refractivity contribution in [3.8, 4) is 0 Å². The number of nitrogens with two attached hydrogens (primary N) is 1. The molecule has 0 fully saturated rings. The highest BCUT2D eigenvalue weighted by atomic mass is 35.5. The maximum Gasteiger partial charge on any atom is 0.338 e. The largest absolute Gasteiger partial charge is 0.366 e. The molecule has 0 atom stereocenters. The average molecular weight is 386 g/mol. The van der Waals surface area contributed by atoms with Crippen LogP contribution in [0.4, 0.5) is 10.5 Å². The van der Waals surface area contributed by atoms with E-state index in [2.05, 4.69) is 18.1 Å². The van der Waals surface area contributed by atoms with Gasteiger partial charge in [-0.25, -0.2) is 9.10 Å². The summed E-state index contributed by atoms with van der Waals surface area (Å²) >= 11 is 9.77. The highest BCUT2D eigenvalue weighted by Crippen LogP contribution is 2.17. The van der Waals surface area contributed by atoms with E-state index in [1.54, 1.807) is 12.1 Å². The number of halogens is 2. The van der Waals surface area contributed by atoms with Crippen molar-refractivity contribution in [1.82, 2.24) is 5.32 Å². The Morgan fingerprint density at radius 1 is 0.958 bits per heavy atom. The highest BCUT2D eigenvalue weighted by molar-refractivity contribution is 7.82. The Morgan fingerprint density at radius 3 is 1.96 bits per heavy atom. The first kappa shape index (κ1) is 19.8. The Balaban J connectivity index is 0.00000288. The molecule has 0 saturated heterocycles. The number of hydrogen-bond donors (Lipinski definition) is 3. The quantitative estimate of drug-likeness (QED) is 0.708. The van der Waals surface area contributed by atoms with Gasteiger partial charge in [0, 0.05) is 16.1 Å². The van der Waals surface area contributed by atoms with Crippen LogP contribution in [0.2, 0.25) is 5.02 Å². The zero-order valence-electron chi connectivity index (χ0n) is 12.1. The number of carbonyl (C=O) groups excluding carboxylic acids is 3. The minimum atomic E-state index is -0.736. The molecule has 0 bridgehead atoms. The second-order valence-electron chi connectivity index (χ2n) is 4.49. The first-order valence-electron chi connectivity index (χ1n) is 6.38. The van der Waals surface area contributed by atoms with Crippen molar-refractivity contribution < 1.29 is 14.4 Å². The van der Waals surface area contributed by atoms with Crippen LogP contribution in [0.25, 0.3) is 0 Å². The van der Waals surface area contributed by atoms with Crippen LogP contribution in [0.5, 0.6) is 0 Å². The fourth-order valence-electron chi connectivity index (χ4n) is 1.71. The number of rotatable bonds is 3. The van der Waals surface area contributed by atoms with E-state index in [1.807, 2.05) is 0 Å². The number of hydrogen-bond acceptors (Lipinski definition) is 4. The normalized spacial score (nSPS) is 9.58. The van der Waals surface area contributed by atoms with Gasteiger partial charge < -0.3 is 5.73 Å². The Bertz CT molecular complexity index is 752. The lowest BCUT2D eigenvalue weighted by atomic mass is 10.2. The molecule has 0 saturated carbocycles. The van der Waals surface area contributed by atoms with E-state index >= 15 is 0 Å². The second kappa shape index (κ2) is 8.58. The fraction of sp³-hybridized carbons (Fsp3) is 0. The van der Waals surface area contributed by atoms with Gasteiger partial charge in [-0.2, -0.15) is 0 Å². The van der Waals surface area contributed by atoms with Gasteiger partial charge in [0.2, 0.25) is 5.91 Å². The number of amides is 4. The molecular weight excluding hydrogens is 373 g/mol. The standard InChI is InChI=1S/C15H12ClN3O3S.ClH/c16-11-5-1-10(2-6-11)14(21)18-15(22)19(23)12-7-3-9(4-8-12)13(17)20;/h1-8,23H,(H2,17,20)(H,18,21,22);1H. The van der Waals surface area contributed by atoms with Crippen LogP contribution >= 0.6 is 36.8 Å². The van der Waals surface area contributed by atoms with Crippen LogP contribution < -0.4 is 15.4 Å². The number of imide groups is 1. The SMILES string of the molecule is Cl.NC(=O)c1ccc(N(S)C(=O)NC(=O)c2ccc(Cl)cc2)cc1. The van der Waals surface area contributed by atoms with Gasteiger partial charge in [-0.15, -0.1) is 12.4 Å². The Kier molecular flexibility index (Phi) is 7.09. The van der Waals surface area contributed by atoms with E-state index in [1.165, 1.54) is 36.4 Å². The molecule has 0 unspecified atom stereocenters. The van der Waals surface area contributed by atoms with Crippen LogP contribution in [0.3, 0.4) is 0 Å². The van der Waals surface area contributed by atoms with Crippen molar-refractivity contribution in [3.63, 3.8) is 0 Å². The van der Waals surface area contributed by atoms with E-state index in [4.69, 9.17) is 17.3 Å². The zero-order valence-corrected chi connectivity index (χ0v) is 14.6.